The Morgan fingerprint density at radius 1 is 1.26 bits per heavy atom. The lowest BCUT2D eigenvalue weighted by Crippen LogP contribution is -2.51. The highest BCUT2D eigenvalue weighted by Crippen LogP contribution is 2.29. The van der Waals surface area contributed by atoms with Crippen molar-refractivity contribution in [2.24, 2.45) is 17.1 Å². The zero-order valence-electron chi connectivity index (χ0n) is 17.0. The van der Waals surface area contributed by atoms with E-state index in [1.165, 1.54) is 5.56 Å². The lowest BCUT2D eigenvalue weighted by Gasteiger charge is -2.27. The van der Waals surface area contributed by atoms with E-state index in [4.69, 9.17) is 5.73 Å². The van der Waals surface area contributed by atoms with Gasteiger partial charge in [-0.05, 0) is 43.2 Å². The minimum atomic E-state index is -0.511. The fourth-order valence-electron chi connectivity index (χ4n) is 3.39. The van der Waals surface area contributed by atoms with Crippen molar-refractivity contribution in [1.82, 2.24) is 15.5 Å². The highest BCUT2D eigenvalue weighted by atomic mass is 16.2. The Kier molecular flexibility index (Phi) is 7.25. The molecule has 3 amide bonds. The van der Waals surface area contributed by atoms with Crippen LogP contribution in [0.5, 0.6) is 0 Å². The quantitative estimate of drug-likeness (QED) is 0.685. The molecule has 1 aromatic carbocycles. The summed E-state index contributed by atoms with van der Waals surface area (Å²) in [5.74, 6) is 0.297. The smallest absolute Gasteiger partial charge is 0.315 e. The zero-order chi connectivity index (χ0) is 20.0. The lowest BCUT2D eigenvalue weighted by atomic mass is 9.90. The van der Waals surface area contributed by atoms with E-state index in [0.29, 0.717) is 38.5 Å². The number of carbonyl (C=O) groups excluding carboxylic acids is 2. The van der Waals surface area contributed by atoms with Crippen LogP contribution in [0.3, 0.4) is 0 Å². The highest BCUT2D eigenvalue weighted by Gasteiger charge is 2.37. The summed E-state index contributed by atoms with van der Waals surface area (Å²) in [5, 5.41) is 5.73. The largest absolute Gasteiger partial charge is 0.340 e. The molecule has 2 atom stereocenters. The second kappa shape index (κ2) is 9.22. The number of hydrogen-bond donors (Lipinski definition) is 3. The Balaban J connectivity index is 1.93. The van der Waals surface area contributed by atoms with Gasteiger partial charge in [-0.25, -0.2) is 4.79 Å². The van der Waals surface area contributed by atoms with Crippen molar-refractivity contribution in [2.75, 3.05) is 19.6 Å². The molecule has 0 bridgehead atoms. The van der Waals surface area contributed by atoms with E-state index in [-0.39, 0.29) is 17.4 Å². The minimum Gasteiger partial charge on any atom is -0.340 e. The van der Waals surface area contributed by atoms with Gasteiger partial charge in [0.1, 0.15) is 6.04 Å². The molecule has 0 aliphatic carbocycles. The first-order valence-electron chi connectivity index (χ1n) is 9.81. The number of benzene rings is 1. The Morgan fingerprint density at radius 2 is 1.93 bits per heavy atom. The van der Waals surface area contributed by atoms with Crippen LogP contribution in [0.15, 0.2) is 24.3 Å². The second-order valence-electron chi connectivity index (χ2n) is 8.52. The monoisotopic (exact) mass is 374 g/mol. The van der Waals surface area contributed by atoms with Gasteiger partial charge in [0.15, 0.2) is 0 Å². The molecule has 1 aliphatic heterocycles. The number of nitrogens with one attached hydrogen (secondary N) is 2. The molecule has 1 aromatic rings. The molecule has 2 rings (SSSR count). The number of urea groups is 1. The van der Waals surface area contributed by atoms with Crippen LogP contribution in [-0.4, -0.2) is 42.5 Å². The van der Waals surface area contributed by atoms with Crippen molar-refractivity contribution in [1.29, 1.82) is 0 Å². The predicted molar refractivity (Wildman–Crippen MR) is 108 cm³/mol. The van der Waals surface area contributed by atoms with Gasteiger partial charge in [-0.3, -0.25) is 4.79 Å². The number of rotatable bonds is 7. The number of nitrogens with two attached hydrogens (primary N) is 1. The summed E-state index contributed by atoms with van der Waals surface area (Å²) in [4.78, 5) is 27.2. The van der Waals surface area contributed by atoms with E-state index < -0.39 is 6.04 Å². The third kappa shape index (κ3) is 6.24. The van der Waals surface area contributed by atoms with Crippen molar-refractivity contribution in [2.45, 2.75) is 53.1 Å². The molecule has 2 unspecified atom stereocenters. The summed E-state index contributed by atoms with van der Waals surface area (Å²) in [6, 6.07) is 7.19. The van der Waals surface area contributed by atoms with Gasteiger partial charge in [0.2, 0.25) is 5.91 Å². The van der Waals surface area contributed by atoms with Gasteiger partial charge < -0.3 is 21.3 Å². The Hall–Kier alpha value is -2.08. The van der Waals surface area contributed by atoms with Gasteiger partial charge in [0.25, 0.3) is 0 Å². The molecule has 150 valence electrons. The number of amides is 3. The van der Waals surface area contributed by atoms with Gasteiger partial charge in [-0.1, -0.05) is 50.6 Å². The van der Waals surface area contributed by atoms with E-state index in [1.807, 2.05) is 36.1 Å². The topological polar surface area (TPSA) is 87.5 Å². The maximum absolute atomic E-state index is 13.0. The number of nitrogens with zero attached hydrogens (tertiary/aromatic N) is 1. The second-order valence-corrected chi connectivity index (χ2v) is 8.52. The van der Waals surface area contributed by atoms with E-state index >= 15 is 0 Å². The van der Waals surface area contributed by atoms with Gasteiger partial charge in [-0.15, -0.1) is 0 Å². The molecule has 0 radical (unpaired) electrons. The van der Waals surface area contributed by atoms with Crippen LogP contribution in [0.25, 0.3) is 0 Å². The predicted octanol–water partition coefficient (Wildman–Crippen LogP) is 2.41. The van der Waals surface area contributed by atoms with Crippen LogP contribution in [0.2, 0.25) is 0 Å². The first-order valence-corrected chi connectivity index (χ1v) is 9.81. The molecule has 0 spiro atoms. The summed E-state index contributed by atoms with van der Waals surface area (Å²) in [6.07, 6.45) is 1.52. The Morgan fingerprint density at radius 3 is 2.48 bits per heavy atom. The van der Waals surface area contributed by atoms with Crippen LogP contribution in [0.1, 0.15) is 44.7 Å². The molecule has 6 nitrogen and oxygen atoms in total. The summed E-state index contributed by atoms with van der Waals surface area (Å²) in [7, 11) is 0. The normalized spacial score (nSPS) is 20.6. The first kappa shape index (κ1) is 21.2. The Labute approximate surface area is 162 Å². The lowest BCUT2D eigenvalue weighted by molar-refractivity contribution is -0.132. The Bertz CT molecular complexity index is 644. The molecule has 4 N–H and O–H groups in total. The van der Waals surface area contributed by atoms with Gasteiger partial charge in [-0.2, -0.15) is 0 Å². The van der Waals surface area contributed by atoms with Crippen LogP contribution in [0, 0.1) is 18.3 Å². The van der Waals surface area contributed by atoms with Gasteiger partial charge in [0, 0.05) is 19.6 Å². The molecule has 6 heteroatoms. The molecule has 1 heterocycles. The number of hydrogen-bond acceptors (Lipinski definition) is 3. The molecular formula is C21H34N4O2. The van der Waals surface area contributed by atoms with Crippen molar-refractivity contribution in [3.63, 3.8) is 0 Å². The van der Waals surface area contributed by atoms with E-state index in [0.717, 1.165) is 12.0 Å². The number of carbonyl (C=O) groups is 2. The maximum Gasteiger partial charge on any atom is 0.315 e. The third-order valence-electron chi connectivity index (χ3n) is 5.25. The minimum absolute atomic E-state index is 0.00800. The standard InChI is InChI=1S/C21H34N4O2/c1-15(2)11-18(19(26)25-10-9-21(4,13-22)14-25)24-20(27)23-12-17-7-5-16(3)6-8-17/h5-8,15,18H,9-14,22H2,1-4H3,(H2,23,24,27). The molecule has 1 saturated heterocycles. The summed E-state index contributed by atoms with van der Waals surface area (Å²) < 4.78 is 0. The van der Waals surface area contributed by atoms with E-state index in [2.05, 4.69) is 31.4 Å². The fourth-order valence-corrected chi connectivity index (χ4v) is 3.39. The van der Waals surface area contributed by atoms with Crippen molar-refractivity contribution in [3.8, 4) is 0 Å². The summed E-state index contributed by atoms with van der Waals surface area (Å²) in [6.45, 7) is 10.6. The zero-order valence-corrected chi connectivity index (χ0v) is 17.0. The third-order valence-corrected chi connectivity index (χ3v) is 5.25. The number of likely N-dealkylation sites (tertiary alicyclic amines) is 1. The molecule has 1 fully saturated rings. The number of aryl methyl sites for hydroxylation is 1. The average molecular weight is 375 g/mol. The highest BCUT2D eigenvalue weighted by molar-refractivity contribution is 5.87. The molecule has 27 heavy (non-hydrogen) atoms. The molecule has 0 aromatic heterocycles. The molecule has 0 saturated carbocycles. The molecular weight excluding hydrogens is 340 g/mol. The summed E-state index contributed by atoms with van der Waals surface area (Å²) >= 11 is 0. The van der Waals surface area contributed by atoms with E-state index in [9.17, 15) is 9.59 Å². The van der Waals surface area contributed by atoms with Crippen molar-refractivity contribution >= 4 is 11.9 Å². The van der Waals surface area contributed by atoms with Gasteiger partial charge in [0.05, 0.1) is 0 Å². The van der Waals surface area contributed by atoms with Crippen LogP contribution >= 0.6 is 0 Å². The fraction of sp³-hybridized carbons (Fsp3) is 0.619. The molecule has 1 aliphatic rings. The first-order chi connectivity index (χ1) is 12.7. The van der Waals surface area contributed by atoms with Crippen LogP contribution < -0.4 is 16.4 Å². The average Bonchev–Trinajstić information content (AvgIpc) is 3.02. The van der Waals surface area contributed by atoms with Gasteiger partial charge >= 0.3 is 6.03 Å². The van der Waals surface area contributed by atoms with Crippen LogP contribution in [0.4, 0.5) is 4.79 Å². The van der Waals surface area contributed by atoms with Crippen molar-refractivity contribution < 1.29 is 9.59 Å². The SMILES string of the molecule is Cc1ccc(CNC(=O)NC(CC(C)C)C(=O)N2CCC(C)(CN)C2)cc1. The maximum atomic E-state index is 13.0. The van der Waals surface area contributed by atoms with E-state index in [1.54, 1.807) is 0 Å². The van der Waals surface area contributed by atoms with Crippen LogP contribution in [-0.2, 0) is 11.3 Å². The summed E-state index contributed by atoms with van der Waals surface area (Å²) in [5.41, 5.74) is 8.04. The van der Waals surface area contributed by atoms with Crippen molar-refractivity contribution in [3.05, 3.63) is 35.4 Å².